The Morgan fingerprint density at radius 3 is 2.62 bits per heavy atom. The number of benzene rings is 2. The number of hydrogen-bond donors (Lipinski definition) is 1. The van der Waals surface area contributed by atoms with Crippen LogP contribution >= 0.6 is 0 Å². The van der Waals surface area contributed by atoms with Gasteiger partial charge in [0.1, 0.15) is 11.9 Å². The maximum atomic E-state index is 13.0. The van der Waals surface area contributed by atoms with E-state index in [1.54, 1.807) is 0 Å². The van der Waals surface area contributed by atoms with Crippen LogP contribution in [0.25, 0.3) is 0 Å². The van der Waals surface area contributed by atoms with Gasteiger partial charge in [0, 0.05) is 17.8 Å². The summed E-state index contributed by atoms with van der Waals surface area (Å²) in [6, 6.07) is 15.6. The Morgan fingerprint density at radius 1 is 1.08 bits per heavy atom. The Kier molecular flexibility index (Phi) is 5.04. The second-order valence-electron chi connectivity index (χ2n) is 5.92. The fourth-order valence-corrected chi connectivity index (χ4v) is 3.09. The molecule has 0 spiro atoms. The van der Waals surface area contributed by atoms with Gasteiger partial charge in [-0.15, -0.1) is 0 Å². The molecular formula is C20H24N2O2. The van der Waals surface area contributed by atoms with Crippen molar-refractivity contribution in [3.63, 3.8) is 0 Å². The van der Waals surface area contributed by atoms with Crippen LogP contribution in [0.5, 0.6) is 5.75 Å². The van der Waals surface area contributed by atoms with Crippen molar-refractivity contribution < 1.29 is 9.53 Å². The van der Waals surface area contributed by atoms with Gasteiger partial charge in [0.05, 0.1) is 12.2 Å². The van der Waals surface area contributed by atoms with E-state index in [-0.39, 0.29) is 12.1 Å². The standard InChI is InChI=1S/C20H24N2O2/c1-3-5-14-22-19(16-11-7-9-13-18(16)24-4-2)21-17-12-8-6-10-15(17)20(22)23/h6-13,19,21H,3-5,14H2,1-2H3. The molecule has 4 nitrogen and oxygen atoms in total. The highest BCUT2D eigenvalue weighted by molar-refractivity contribution is 6.01. The zero-order valence-corrected chi connectivity index (χ0v) is 14.3. The number of hydrogen-bond acceptors (Lipinski definition) is 3. The molecule has 2 aromatic rings. The number of unbranched alkanes of at least 4 members (excludes halogenated alkanes) is 1. The highest BCUT2D eigenvalue weighted by Gasteiger charge is 2.33. The molecule has 126 valence electrons. The van der Waals surface area contributed by atoms with Gasteiger partial charge in [-0.05, 0) is 31.5 Å². The predicted octanol–water partition coefficient (Wildman–Crippen LogP) is 4.45. The highest BCUT2D eigenvalue weighted by atomic mass is 16.5. The topological polar surface area (TPSA) is 41.6 Å². The molecule has 1 unspecified atom stereocenters. The molecule has 0 saturated carbocycles. The quantitative estimate of drug-likeness (QED) is 0.853. The summed E-state index contributed by atoms with van der Waals surface area (Å²) in [5.41, 5.74) is 2.61. The van der Waals surface area contributed by atoms with Crippen molar-refractivity contribution in [1.82, 2.24) is 4.90 Å². The summed E-state index contributed by atoms with van der Waals surface area (Å²) in [5.74, 6) is 0.903. The van der Waals surface area contributed by atoms with Gasteiger partial charge in [-0.1, -0.05) is 43.7 Å². The van der Waals surface area contributed by atoms with Gasteiger partial charge in [-0.3, -0.25) is 4.79 Å². The van der Waals surface area contributed by atoms with Gasteiger partial charge in [-0.25, -0.2) is 0 Å². The first kappa shape index (κ1) is 16.4. The summed E-state index contributed by atoms with van der Waals surface area (Å²) >= 11 is 0. The molecule has 4 heteroatoms. The van der Waals surface area contributed by atoms with E-state index in [4.69, 9.17) is 4.74 Å². The SMILES string of the molecule is CCCCN1C(=O)c2ccccc2NC1c1ccccc1OCC. The van der Waals surface area contributed by atoms with Crippen molar-refractivity contribution >= 4 is 11.6 Å². The third-order valence-electron chi connectivity index (χ3n) is 4.29. The van der Waals surface area contributed by atoms with Gasteiger partial charge in [-0.2, -0.15) is 0 Å². The summed E-state index contributed by atoms with van der Waals surface area (Å²) in [6.45, 7) is 5.43. The zero-order valence-electron chi connectivity index (χ0n) is 14.3. The number of carbonyl (C=O) groups excluding carboxylic acids is 1. The van der Waals surface area contributed by atoms with E-state index in [9.17, 15) is 4.79 Å². The molecule has 0 radical (unpaired) electrons. The predicted molar refractivity (Wildman–Crippen MR) is 96.4 cm³/mol. The van der Waals surface area contributed by atoms with Crippen LogP contribution in [-0.2, 0) is 0 Å². The lowest BCUT2D eigenvalue weighted by atomic mass is 10.0. The summed E-state index contributed by atoms with van der Waals surface area (Å²) in [7, 11) is 0. The first-order valence-corrected chi connectivity index (χ1v) is 8.64. The van der Waals surface area contributed by atoms with E-state index in [0.29, 0.717) is 6.61 Å². The lowest BCUT2D eigenvalue weighted by molar-refractivity contribution is 0.0678. The number of nitrogens with one attached hydrogen (secondary N) is 1. The summed E-state index contributed by atoms with van der Waals surface area (Å²) in [5, 5.41) is 3.53. The van der Waals surface area contributed by atoms with Crippen LogP contribution in [0, 0.1) is 0 Å². The number of carbonyl (C=O) groups is 1. The molecule has 3 rings (SSSR count). The number of amides is 1. The Balaban J connectivity index is 2.02. The van der Waals surface area contributed by atoms with Crippen molar-refractivity contribution in [2.75, 3.05) is 18.5 Å². The van der Waals surface area contributed by atoms with Crippen LogP contribution < -0.4 is 10.1 Å². The van der Waals surface area contributed by atoms with Crippen LogP contribution in [0.2, 0.25) is 0 Å². The molecule has 24 heavy (non-hydrogen) atoms. The van der Waals surface area contributed by atoms with Gasteiger partial charge in [0.25, 0.3) is 5.91 Å². The monoisotopic (exact) mass is 324 g/mol. The summed E-state index contributed by atoms with van der Waals surface area (Å²) in [6.07, 6.45) is 1.82. The van der Waals surface area contributed by atoms with Gasteiger partial charge < -0.3 is 15.0 Å². The molecule has 1 amide bonds. The van der Waals surface area contributed by atoms with Crippen LogP contribution in [0.3, 0.4) is 0 Å². The van der Waals surface area contributed by atoms with E-state index in [2.05, 4.69) is 12.2 Å². The van der Waals surface area contributed by atoms with Crippen LogP contribution in [-0.4, -0.2) is 24.0 Å². The second kappa shape index (κ2) is 7.39. The van der Waals surface area contributed by atoms with Crippen molar-refractivity contribution in [1.29, 1.82) is 0 Å². The van der Waals surface area contributed by atoms with Crippen LogP contribution in [0.1, 0.15) is 48.8 Å². The lowest BCUT2D eigenvalue weighted by Gasteiger charge is -2.38. The zero-order chi connectivity index (χ0) is 16.9. The van der Waals surface area contributed by atoms with Crippen LogP contribution in [0.15, 0.2) is 48.5 Å². The molecule has 2 aromatic carbocycles. The van der Waals surface area contributed by atoms with Gasteiger partial charge >= 0.3 is 0 Å². The molecule has 1 N–H and O–H groups in total. The fourth-order valence-electron chi connectivity index (χ4n) is 3.09. The number of para-hydroxylation sites is 2. The molecular weight excluding hydrogens is 300 g/mol. The third-order valence-corrected chi connectivity index (χ3v) is 4.29. The van der Waals surface area contributed by atoms with Crippen molar-refractivity contribution in [2.24, 2.45) is 0 Å². The third kappa shape index (κ3) is 3.09. The molecule has 1 aliphatic rings. The lowest BCUT2D eigenvalue weighted by Crippen LogP contribution is -2.43. The second-order valence-corrected chi connectivity index (χ2v) is 5.92. The maximum absolute atomic E-state index is 13.0. The molecule has 0 fully saturated rings. The molecule has 1 atom stereocenters. The van der Waals surface area contributed by atoms with Gasteiger partial charge in [0.15, 0.2) is 0 Å². The first-order valence-electron chi connectivity index (χ1n) is 8.64. The maximum Gasteiger partial charge on any atom is 0.257 e. The average Bonchev–Trinajstić information content (AvgIpc) is 2.62. The first-order chi connectivity index (χ1) is 11.8. The average molecular weight is 324 g/mol. The Morgan fingerprint density at radius 2 is 1.83 bits per heavy atom. The molecule has 0 bridgehead atoms. The number of fused-ring (bicyclic) bond motifs is 1. The van der Waals surface area contributed by atoms with E-state index >= 15 is 0 Å². The normalized spacial score (nSPS) is 16.5. The number of anilines is 1. The smallest absolute Gasteiger partial charge is 0.257 e. The number of rotatable bonds is 6. The molecule has 0 aromatic heterocycles. The van der Waals surface area contributed by atoms with E-state index in [1.807, 2.05) is 60.4 Å². The molecule has 1 aliphatic heterocycles. The van der Waals surface area contributed by atoms with E-state index in [0.717, 1.165) is 42.0 Å². The minimum Gasteiger partial charge on any atom is -0.493 e. The van der Waals surface area contributed by atoms with E-state index < -0.39 is 0 Å². The van der Waals surface area contributed by atoms with Crippen LogP contribution in [0.4, 0.5) is 5.69 Å². The highest BCUT2D eigenvalue weighted by Crippen LogP contribution is 2.36. The Labute approximate surface area is 143 Å². The van der Waals surface area contributed by atoms with Crippen molar-refractivity contribution in [2.45, 2.75) is 32.9 Å². The van der Waals surface area contributed by atoms with Gasteiger partial charge in [0.2, 0.25) is 0 Å². The molecule has 0 saturated heterocycles. The largest absolute Gasteiger partial charge is 0.493 e. The fraction of sp³-hybridized carbons (Fsp3) is 0.350. The molecule has 0 aliphatic carbocycles. The summed E-state index contributed by atoms with van der Waals surface area (Å²) < 4.78 is 5.79. The summed E-state index contributed by atoms with van der Waals surface area (Å²) in [4.78, 5) is 14.9. The van der Waals surface area contributed by atoms with E-state index in [1.165, 1.54) is 0 Å². The molecule has 1 heterocycles. The number of nitrogens with zero attached hydrogens (tertiary/aromatic N) is 1. The minimum absolute atomic E-state index is 0.0779. The van der Waals surface area contributed by atoms with Crippen molar-refractivity contribution in [3.8, 4) is 5.75 Å². The minimum atomic E-state index is -0.207. The number of ether oxygens (including phenoxy) is 1. The Bertz CT molecular complexity index is 714. The Hall–Kier alpha value is -2.49. The van der Waals surface area contributed by atoms with Crippen molar-refractivity contribution in [3.05, 3.63) is 59.7 Å².